The van der Waals surface area contributed by atoms with E-state index in [1.54, 1.807) is 0 Å². The van der Waals surface area contributed by atoms with Crippen molar-refractivity contribution in [1.82, 2.24) is 15.0 Å². The minimum absolute atomic E-state index is 0.556. The highest BCUT2D eigenvalue weighted by molar-refractivity contribution is 5.90. The van der Waals surface area contributed by atoms with Crippen molar-refractivity contribution in [3.8, 4) is 73.3 Å². The zero-order chi connectivity index (χ0) is 29.3. The first-order valence-corrected chi connectivity index (χ1v) is 14.7. The number of benzene rings is 6. The standard InChI is InChI=1S/C40H27N3O/c1-3-11-27(12-4-1)28-21-23-30(24-22-28)39-41-38(29-13-5-2-6-14-29)42-40(43-39)32-16-9-15-31(25-32)34-19-10-17-33-26-44-36-20-8-7-18-35(36)37(33)34/h1-25H,26H2. The van der Waals surface area contributed by atoms with E-state index in [-0.39, 0.29) is 0 Å². The third-order valence-electron chi connectivity index (χ3n) is 8.04. The van der Waals surface area contributed by atoms with E-state index in [2.05, 4.69) is 103 Å². The molecule has 1 aliphatic heterocycles. The van der Waals surface area contributed by atoms with Crippen LogP contribution in [-0.2, 0) is 6.61 Å². The fourth-order valence-electron chi connectivity index (χ4n) is 5.85. The Morgan fingerprint density at radius 2 is 0.886 bits per heavy atom. The largest absolute Gasteiger partial charge is 0.488 e. The van der Waals surface area contributed by atoms with Gasteiger partial charge in [0.05, 0.1) is 0 Å². The van der Waals surface area contributed by atoms with Crippen LogP contribution in [0.4, 0.5) is 0 Å². The normalized spacial score (nSPS) is 11.7. The van der Waals surface area contributed by atoms with E-state index in [0.29, 0.717) is 24.1 Å². The van der Waals surface area contributed by atoms with Crippen LogP contribution in [0.2, 0.25) is 0 Å². The highest BCUT2D eigenvalue weighted by atomic mass is 16.5. The van der Waals surface area contributed by atoms with Crippen molar-refractivity contribution in [2.75, 3.05) is 0 Å². The molecule has 0 saturated heterocycles. The molecule has 8 rings (SSSR count). The molecule has 2 heterocycles. The summed E-state index contributed by atoms with van der Waals surface area (Å²) in [7, 11) is 0. The summed E-state index contributed by atoms with van der Waals surface area (Å²) in [6, 6.07) is 52.0. The number of fused-ring (bicyclic) bond motifs is 3. The minimum Gasteiger partial charge on any atom is -0.488 e. The van der Waals surface area contributed by atoms with Crippen molar-refractivity contribution in [1.29, 1.82) is 0 Å². The van der Waals surface area contributed by atoms with E-state index in [4.69, 9.17) is 19.7 Å². The molecule has 0 amide bonds. The van der Waals surface area contributed by atoms with E-state index in [1.807, 2.05) is 48.5 Å². The van der Waals surface area contributed by atoms with Gasteiger partial charge < -0.3 is 4.74 Å². The first-order valence-electron chi connectivity index (χ1n) is 14.7. The topological polar surface area (TPSA) is 47.9 Å². The van der Waals surface area contributed by atoms with Crippen LogP contribution >= 0.6 is 0 Å². The molecule has 0 bridgehead atoms. The highest BCUT2D eigenvalue weighted by Gasteiger charge is 2.21. The molecule has 0 saturated carbocycles. The van der Waals surface area contributed by atoms with Crippen LogP contribution < -0.4 is 4.74 Å². The van der Waals surface area contributed by atoms with Gasteiger partial charge in [-0.05, 0) is 45.5 Å². The smallest absolute Gasteiger partial charge is 0.164 e. The Kier molecular flexibility index (Phi) is 6.50. The van der Waals surface area contributed by atoms with E-state index < -0.39 is 0 Å². The third kappa shape index (κ3) is 4.83. The van der Waals surface area contributed by atoms with E-state index in [9.17, 15) is 0 Å². The molecule has 0 fully saturated rings. The van der Waals surface area contributed by atoms with Crippen LogP contribution in [0.5, 0.6) is 5.75 Å². The fourth-order valence-corrected chi connectivity index (χ4v) is 5.85. The van der Waals surface area contributed by atoms with Crippen molar-refractivity contribution in [2.24, 2.45) is 0 Å². The van der Waals surface area contributed by atoms with Gasteiger partial charge in [0.2, 0.25) is 0 Å². The third-order valence-corrected chi connectivity index (χ3v) is 8.04. The maximum Gasteiger partial charge on any atom is 0.164 e. The Balaban J connectivity index is 1.24. The number of ether oxygens (including phenoxy) is 1. The molecule has 0 spiro atoms. The lowest BCUT2D eigenvalue weighted by Gasteiger charge is -2.23. The second-order valence-corrected chi connectivity index (χ2v) is 10.8. The summed E-state index contributed by atoms with van der Waals surface area (Å²) in [6.45, 7) is 0.556. The molecule has 1 aliphatic rings. The number of hydrogen-bond acceptors (Lipinski definition) is 4. The molecule has 7 aromatic rings. The Morgan fingerprint density at radius 1 is 0.386 bits per heavy atom. The van der Waals surface area contributed by atoms with Crippen molar-refractivity contribution >= 4 is 0 Å². The molecule has 1 aromatic heterocycles. The summed E-state index contributed by atoms with van der Waals surface area (Å²) in [6.07, 6.45) is 0. The monoisotopic (exact) mass is 565 g/mol. The molecule has 0 N–H and O–H groups in total. The average Bonchev–Trinajstić information content (AvgIpc) is 3.12. The Morgan fingerprint density at radius 3 is 1.64 bits per heavy atom. The molecule has 0 aliphatic carbocycles. The molecular formula is C40H27N3O. The van der Waals surface area contributed by atoms with E-state index in [0.717, 1.165) is 44.7 Å². The fraction of sp³-hybridized carbons (Fsp3) is 0.0250. The lowest BCUT2D eigenvalue weighted by Crippen LogP contribution is -2.06. The van der Waals surface area contributed by atoms with Crippen LogP contribution in [0, 0.1) is 0 Å². The van der Waals surface area contributed by atoms with Gasteiger partial charge in [-0.3, -0.25) is 0 Å². The lowest BCUT2D eigenvalue weighted by atomic mass is 9.88. The van der Waals surface area contributed by atoms with Crippen LogP contribution in [0.25, 0.3) is 67.5 Å². The number of hydrogen-bond donors (Lipinski definition) is 0. The quantitative estimate of drug-likeness (QED) is 0.208. The van der Waals surface area contributed by atoms with Gasteiger partial charge in [-0.25, -0.2) is 15.0 Å². The summed E-state index contributed by atoms with van der Waals surface area (Å²) in [4.78, 5) is 14.9. The van der Waals surface area contributed by atoms with E-state index >= 15 is 0 Å². The van der Waals surface area contributed by atoms with Crippen LogP contribution in [0.3, 0.4) is 0 Å². The first-order chi connectivity index (χ1) is 21.8. The predicted molar refractivity (Wildman–Crippen MR) is 177 cm³/mol. The van der Waals surface area contributed by atoms with Crippen molar-refractivity contribution in [3.63, 3.8) is 0 Å². The maximum absolute atomic E-state index is 6.05. The summed E-state index contributed by atoms with van der Waals surface area (Å²) in [5.41, 5.74) is 10.9. The average molecular weight is 566 g/mol. The van der Waals surface area contributed by atoms with Gasteiger partial charge in [0.25, 0.3) is 0 Å². The first kappa shape index (κ1) is 25.8. The van der Waals surface area contributed by atoms with Gasteiger partial charge >= 0.3 is 0 Å². The van der Waals surface area contributed by atoms with Gasteiger partial charge in [-0.15, -0.1) is 0 Å². The summed E-state index contributed by atoms with van der Waals surface area (Å²) >= 11 is 0. The number of nitrogens with zero attached hydrogens (tertiary/aromatic N) is 3. The number of aromatic nitrogens is 3. The van der Waals surface area contributed by atoms with Crippen molar-refractivity contribution in [3.05, 3.63) is 157 Å². The zero-order valence-corrected chi connectivity index (χ0v) is 23.9. The Bertz CT molecular complexity index is 2110. The molecule has 44 heavy (non-hydrogen) atoms. The van der Waals surface area contributed by atoms with Gasteiger partial charge in [-0.2, -0.15) is 0 Å². The molecule has 208 valence electrons. The van der Waals surface area contributed by atoms with Gasteiger partial charge in [-0.1, -0.05) is 140 Å². The van der Waals surface area contributed by atoms with Crippen LogP contribution in [-0.4, -0.2) is 15.0 Å². The SMILES string of the molecule is c1ccc(-c2ccc(-c3nc(-c4ccccc4)nc(-c4cccc(-c5cccc6c5-c5ccccc5OC6)c4)n3)cc2)cc1. The van der Waals surface area contributed by atoms with Crippen LogP contribution in [0.15, 0.2) is 152 Å². The second-order valence-electron chi connectivity index (χ2n) is 10.8. The Labute approximate surface area is 256 Å². The maximum atomic E-state index is 6.05. The zero-order valence-electron chi connectivity index (χ0n) is 23.9. The molecule has 4 heteroatoms. The summed E-state index contributed by atoms with van der Waals surface area (Å²) in [5, 5.41) is 0. The van der Waals surface area contributed by atoms with Gasteiger partial charge in [0.15, 0.2) is 17.5 Å². The predicted octanol–water partition coefficient (Wildman–Crippen LogP) is 9.77. The van der Waals surface area contributed by atoms with Gasteiger partial charge in [0, 0.05) is 22.3 Å². The molecule has 0 unspecified atom stereocenters. The molecule has 0 radical (unpaired) electrons. The van der Waals surface area contributed by atoms with Crippen molar-refractivity contribution < 1.29 is 4.74 Å². The number of para-hydroxylation sites is 1. The lowest BCUT2D eigenvalue weighted by molar-refractivity contribution is 0.302. The molecule has 6 aromatic carbocycles. The Hall–Kier alpha value is -5.87. The summed E-state index contributed by atoms with van der Waals surface area (Å²) in [5.74, 6) is 2.83. The highest BCUT2D eigenvalue weighted by Crippen LogP contribution is 2.43. The van der Waals surface area contributed by atoms with Gasteiger partial charge in [0.1, 0.15) is 12.4 Å². The van der Waals surface area contributed by atoms with Crippen molar-refractivity contribution in [2.45, 2.75) is 6.61 Å². The molecule has 0 atom stereocenters. The summed E-state index contributed by atoms with van der Waals surface area (Å²) < 4.78 is 6.05. The molecule has 4 nitrogen and oxygen atoms in total. The second kappa shape index (κ2) is 11.1. The van der Waals surface area contributed by atoms with Crippen LogP contribution in [0.1, 0.15) is 5.56 Å². The number of rotatable bonds is 5. The minimum atomic E-state index is 0.556. The molecular weight excluding hydrogens is 538 g/mol. The van der Waals surface area contributed by atoms with E-state index in [1.165, 1.54) is 16.7 Å².